The number of rotatable bonds is 12. The predicted octanol–water partition coefficient (Wildman–Crippen LogP) is 8.21. The van der Waals surface area contributed by atoms with Gasteiger partial charge in [-0.25, -0.2) is 0 Å². The van der Waals surface area contributed by atoms with Gasteiger partial charge >= 0.3 is 5.97 Å². The van der Waals surface area contributed by atoms with Gasteiger partial charge in [-0.15, -0.1) is 0 Å². The SMILES string of the molecule is O=C(O)CN(Cc1cccc(Br)c1)C(=O)c1ccc(-c2ccccc2OCc2ccccc2)cc1CCc1ccccc1. The monoisotopic (exact) mass is 633 g/mol. The Bertz CT molecular complexity index is 1690. The van der Waals surface area contributed by atoms with Gasteiger partial charge in [0.05, 0.1) is 0 Å². The van der Waals surface area contributed by atoms with Crippen molar-refractivity contribution >= 4 is 27.8 Å². The van der Waals surface area contributed by atoms with E-state index in [0.717, 1.165) is 50.0 Å². The van der Waals surface area contributed by atoms with Gasteiger partial charge in [0.2, 0.25) is 0 Å². The van der Waals surface area contributed by atoms with Gasteiger partial charge in [-0.05, 0) is 64.9 Å². The summed E-state index contributed by atoms with van der Waals surface area (Å²) in [5.41, 5.74) is 6.29. The van der Waals surface area contributed by atoms with Crippen molar-refractivity contribution in [2.45, 2.75) is 26.0 Å². The Hall–Kier alpha value is -4.68. The molecule has 5 rings (SSSR count). The number of hydrogen-bond acceptors (Lipinski definition) is 3. The average molecular weight is 635 g/mol. The van der Waals surface area contributed by atoms with Gasteiger partial charge in [0.15, 0.2) is 0 Å². The topological polar surface area (TPSA) is 66.8 Å². The number of hydrogen-bond donors (Lipinski definition) is 1. The first-order valence-corrected chi connectivity index (χ1v) is 14.9. The second-order valence-corrected chi connectivity index (χ2v) is 11.2. The normalized spacial score (nSPS) is 10.7. The molecule has 0 aliphatic carbocycles. The fourth-order valence-electron chi connectivity index (χ4n) is 5.06. The highest BCUT2D eigenvalue weighted by molar-refractivity contribution is 9.10. The Morgan fingerprint density at radius 2 is 1.37 bits per heavy atom. The summed E-state index contributed by atoms with van der Waals surface area (Å²) >= 11 is 3.47. The molecule has 1 N–H and O–H groups in total. The van der Waals surface area contributed by atoms with E-state index in [2.05, 4.69) is 28.1 Å². The highest BCUT2D eigenvalue weighted by atomic mass is 79.9. The minimum Gasteiger partial charge on any atom is -0.488 e. The van der Waals surface area contributed by atoms with Gasteiger partial charge in [0.1, 0.15) is 18.9 Å². The Kier molecular flexibility index (Phi) is 10.0. The van der Waals surface area contributed by atoms with Crippen LogP contribution in [0.2, 0.25) is 0 Å². The van der Waals surface area contributed by atoms with Crippen LogP contribution < -0.4 is 4.74 Å². The molecule has 0 saturated carbocycles. The molecule has 0 aliphatic rings. The van der Waals surface area contributed by atoms with Gasteiger partial charge in [-0.1, -0.05) is 119 Å². The minimum atomic E-state index is -1.06. The molecule has 0 fully saturated rings. The molecule has 0 aliphatic heterocycles. The molecule has 0 bridgehead atoms. The Morgan fingerprint density at radius 1 is 0.698 bits per heavy atom. The molecule has 6 heteroatoms. The molecular formula is C37H32BrNO4. The van der Waals surface area contributed by atoms with Crippen LogP contribution in [0.1, 0.15) is 32.6 Å². The smallest absolute Gasteiger partial charge is 0.323 e. The number of carboxylic acid groups (broad SMARTS) is 1. The van der Waals surface area contributed by atoms with Crippen LogP contribution in [-0.2, 0) is 30.8 Å². The van der Waals surface area contributed by atoms with Crippen LogP contribution in [0.15, 0.2) is 132 Å². The van der Waals surface area contributed by atoms with Crippen LogP contribution in [0.25, 0.3) is 11.1 Å². The lowest BCUT2D eigenvalue weighted by molar-refractivity contribution is -0.137. The van der Waals surface area contributed by atoms with Crippen LogP contribution >= 0.6 is 15.9 Å². The fourth-order valence-corrected chi connectivity index (χ4v) is 5.50. The number of aliphatic carboxylic acids is 1. The molecule has 0 spiro atoms. The molecule has 5 aromatic carbocycles. The molecule has 5 aromatic rings. The van der Waals surface area contributed by atoms with Crippen molar-refractivity contribution in [1.29, 1.82) is 0 Å². The number of para-hydroxylation sites is 1. The largest absolute Gasteiger partial charge is 0.488 e. The molecule has 0 atom stereocenters. The molecule has 1 amide bonds. The van der Waals surface area contributed by atoms with Crippen molar-refractivity contribution in [2.75, 3.05) is 6.54 Å². The molecule has 216 valence electrons. The maximum atomic E-state index is 14.0. The number of carbonyl (C=O) groups is 2. The molecular weight excluding hydrogens is 602 g/mol. The third kappa shape index (κ3) is 8.21. The Balaban J connectivity index is 1.49. The van der Waals surface area contributed by atoms with E-state index in [-0.39, 0.29) is 12.5 Å². The summed E-state index contributed by atoms with van der Waals surface area (Å²) in [6, 6.07) is 41.4. The fraction of sp³-hybridized carbons (Fsp3) is 0.135. The van der Waals surface area contributed by atoms with Crippen molar-refractivity contribution < 1.29 is 19.4 Å². The number of aryl methyl sites for hydroxylation is 2. The van der Waals surface area contributed by atoms with Crippen LogP contribution in [0.4, 0.5) is 0 Å². The van der Waals surface area contributed by atoms with E-state index in [9.17, 15) is 14.7 Å². The molecule has 0 radical (unpaired) electrons. The summed E-state index contributed by atoms with van der Waals surface area (Å²) < 4.78 is 7.11. The van der Waals surface area contributed by atoms with Crippen molar-refractivity contribution in [3.8, 4) is 16.9 Å². The average Bonchev–Trinajstić information content (AvgIpc) is 3.03. The number of ether oxygens (including phenoxy) is 1. The zero-order valence-electron chi connectivity index (χ0n) is 23.7. The lowest BCUT2D eigenvalue weighted by atomic mass is 9.94. The first kappa shape index (κ1) is 29.8. The van der Waals surface area contributed by atoms with E-state index in [1.54, 1.807) is 0 Å². The lowest BCUT2D eigenvalue weighted by Gasteiger charge is -2.23. The standard InChI is InChI=1S/C37H32BrNO4/c38-32-15-9-14-29(22-32)24-39(25-36(40)41)37(42)34-21-20-30(23-31(34)19-18-27-10-3-1-4-11-27)33-16-7-8-17-35(33)43-26-28-12-5-2-6-13-28/h1-17,20-23H,18-19,24-26H2,(H,40,41). The maximum Gasteiger partial charge on any atom is 0.323 e. The van der Waals surface area contributed by atoms with Crippen LogP contribution in [0.5, 0.6) is 5.75 Å². The Morgan fingerprint density at radius 3 is 2.09 bits per heavy atom. The van der Waals surface area contributed by atoms with Crippen molar-refractivity contribution in [3.05, 3.63) is 160 Å². The predicted molar refractivity (Wildman–Crippen MR) is 173 cm³/mol. The minimum absolute atomic E-state index is 0.181. The highest BCUT2D eigenvalue weighted by Crippen LogP contribution is 2.33. The summed E-state index contributed by atoms with van der Waals surface area (Å²) in [5.74, 6) is -0.623. The third-order valence-corrected chi connectivity index (χ3v) is 7.67. The van der Waals surface area contributed by atoms with Crippen molar-refractivity contribution in [2.24, 2.45) is 0 Å². The molecule has 0 saturated heterocycles. The summed E-state index contributed by atoms with van der Waals surface area (Å²) in [7, 11) is 0. The van der Waals surface area contributed by atoms with Crippen molar-refractivity contribution in [3.63, 3.8) is 0 Å². The summed E-state index contributed by atoms with van der Waals surface area (Å²) in [6.07, 6.45) is 1.35. The maximum absolute atomic E-state index is 14.0. The number of benzene rings is 5. The van der Waals surface area contributed by atoms with Gasteiger partial charge in [0, 0.05) is 22.1 Å². The van der Waals surface area contributed by atoms with Gasteiger partial charge in [-0.3, -0.25) is 9.59 Å². The third-order valence-electron chi connectivity index (χ3n) is 7.17. The van der Waals surface area contributed by atoms with Gasteiger partial charge < -0.3 is 14.7 Å². The number of halogens is 1. The first-order chi connectivity index (χ1) is 21.0. The molecule has 5 nitrogen and oxygen atoms in total. The Labute approximate surface area is 260 Å². The second-order valence-electron chi connectivity index (χ2n) is 10.3. The van der Waals surface area contributed by atoms with Gasteiger partial charge in [0.25, 0.3) is 5.91 Å². The number of nitrogens with zero attached hydrogens (tertiary/aromatic N) is 1. The summed E-state index contributed by atoms with van der Waals surface area (Å²) in [5, 5.41) is 9.67. The molecule has 0 unspecified atom stereocenters. The van der Waals surface area contributed by atoms with E-state index < -0.39 is 12.5 Å². The lowest BCUT2D eigenvalue weighted by Crippen LogP contribution is -2.35. The molecule has 0 aromatic heterocycles. The summed E-state index contributed by atoms with van der Waals surface area (Å²) in [4.78, 5) is 27.2. The molecule has 43 heavy (non-hydrogen) atoms. The number of carbonyl (C=O) groups excluding carboxylic acids is 1. The number of carboxylic acids is 1. The number of amides is 1. The van der Waals surface area contributed by atoms with Crippen LogP contribution in [0, 0.1) is 0 Å². The van der Waals surface area contributed by atoms with Crippen molar-refractivity contribution in [1.82, 2.24) is 4.90 Å². The highest BCUT2D eigenvalue weighted by Gasteiger charge is 2.22. The first-order valence-electron chi connectivity index (χ1n) is 14.1. The van der Waals surface area contributed by atoms with E-state index in [0.29, 0.717) is 18.6 Å². The quantitative estimate of drug-likeness (QED) is 0.150. The zero-order chi connectivity index (χ0) is 30.0. The van der Waals surface area contributed by atoms with E-state index >= 15 is 0 Å². The van der Waals surface area contributed by atoms with Gasteiger partial charge in [-0.2, -0.15) is 0 Å². The van der Waals surface area contributed by atoms with E-state index in [1.165, 1.54) is 4.90 Å². The van der Waals surface area contributed by atoms with Crippen LogP contribution in [0.3, 0.4) is 0 Å². The van der Waals surface area contributed by atoms with E-state index in [1.807, 2.05) is 115 Å². The second kappa shape index (κ2) is 14.5. The molecule has 0 heterocycles. The summed E-state index contributed by atoms with van der Waals surface area (Å²) in [6.45, 7) is 0.219. The zero-order valence-corrected chi connectivity index (χ0v) is 25.2. The van der Waals surface area contributed by atoms with E-state index in [4.69, 9.17) is 4.74 Å². The van der Waals surface area contributed by atoms with Crippen LogP contribution in [-0.4, -0.2) is 28.4 Å².